The van der Waals surface area contributed by atoms with Gasteiger partial charge in [0.15, 0.2) is 5.75 Å². The Morgan fingerprint density at radius 1 is 1.50 bits per heavy atom. The molecule has 0 saturated carbocycles. The number of rotatable bonds is 6. The van der Waals surface area contributed by atoms with Gasteiger partial charge in [-0.25, -0.2) is 0 Å². The molecule has 1 aromatic rings. The second kappa shape index (κ2) is 5.79. The molecule has 0 bridgehead atoms. The molecule has 6 heteroatoms. The fraction of sp³-hybridized carbons (Fsp3) is 0.500. The lowest BCUT2D eigenvalue weighted by atomic mass is 10.1. The highest BCUT2D eigenvalue weighted by Gasteiger charge is 2.17. The van der Waals surface area contributed by atoms with Gasteiger partial charge >= 0.3 is 5.69 Å². The molecule has 1 aromatic carbocycles. The number of ether oxygens (including phenoxy) is 1. The fourth-order valence-corrected chi connectivity index (χ4v) is 1.37. The summed E-state index contributed by atoms with van der Waals surface area (Å²) in [5, 5.41) is 20.4. The van der Waals surface area contributed by atoms with Gasteiger partial charge in [-0.05, 0) is 25.5 Å². The Hall–Kier alpha value is -1.66. The summed E-state index contributed by atoms with van der Waals surface area (Å²) in [5.74, 6) is 0.196. The number of nitrogens with two attached hydrogens (primary N) is 1. The molecular formula is C12H18N2O4. The molecule has 3 N–H and O–H groups in total. The summed E-state index contributed by atoms with van der Waals surface area (Å²) in [6, 6.07) is 4.62. The van der Waals surface area contributed by atoms with Crippen molar-refractivity contribution in [1.29, 1.82) is 0 Å². The maximum absolute atomic E-state index is 10.9. The van der Waals surface area contributed by atoms with Crippen molar-refractivity contribution in [2.24, 2.45) is 5.73 Å². The van der Waals surface area contributed by atoms with Crippen LogP contribution in [0, 0.1) is 10.1 Å². The molecular weight excluding hydrogens is 236 g/mol. The summed E-state index contributed by atoms with van der Waals surface area (Å²) < 4.78 is 5.33. The summed E-state index contributed by atoms with van der Waals surface area (Å²) in [4.78, 5) is 10.4. The smallest absolute Gasteiger partial charge is 0.311 e. The first-order valence-corrected chi connectivity index (χ1v) is 5.66. The third-order valence-corrected chi connectivity index (χ3v) is 2.43. The minimum absolute atomic E-state index is 0.103. The zero-order valence-corrected chi connectivity index (χ0v) is 10.5. The summed E-state index contributed by atoms with van der Waals surface area (Å²) in [5.41, 5.74) is 5.15. The number of aliphatic hydroxyl groups is 1. The summed E-state index contributed by atoms with van der Waals surface area (Å²) >= 11 is 0. The van der Waals surface area contributed by atoms with Crippen LogP contribution in [0.4, 0.5) is 5.69 Å². The van der Waals surface area contributed by atoms with Crippen LogP contribution in [0.3, 0.4) is 0 Å². The number of nitro benzene ring substituents is 1. The van der Waals surface area contributed by atoms with Gasteiger partial charge in [0.1, 0.15) is 0 Å². The van der Waals surface area contributed by atoms with Crippen molar-refractivity contribution in [3.8, 4) is 5.75 Å². The van der Waals surface area contributed by atoms with Crippen LogP contribution in [0.2, 0.25) is 0 Å². The van der Waals surface area contributed by atoms with Crippen LogP contribution in [-0.2, 0) is 6.54 Å². The molecule has 0 aliphatic rings. The van der Waals surface area contributed by atoms with Crippen LogP contribution in [-0.4, -0.2) is 22.2 Å². The van der Waals surface area contributed by atoms with Crippen LogP contribution in [0.25, 0.3) is 0 Å². The third-order valence-electron chi connectivity index (χ3n) is 2.43. The van der Waals surface area contributed by atoms with Crippen LogP contribution >= 0.6 is 0 Å². The first-order valence-electron chi connectivity index (χ1n) is 5.66. The van der Waals surface area contributed by atoms with E-state index in [2.05, 4.69) is 0 Å². The minimum Gasteiger partial charge on any atom is -0.487 e. The maximum atomic E-state index is 10.9. The highest BCUT2D eigenvalue weighted by molar-refractivity contribution is 5.48. The third kappa shape index (κ3) is 4.31. The predicted octanol–water partition coefficient (Wildman–Crippen LogP) is 1.59. The minimum atomic E-state index is -0.855. The molecule has 0 aromatic heterocycles. The highest BCUT2D eigenvalue weighted by Crippen LogP contribution is 2.28. The number of hydrogen-bond donors (Lipinski definition) is 2. The molecule has 0 amide bonds. The molecule has 1 rings (SSSR count). The van der Waals surface area contributed by atoms with Crippen LogP contribution in [0.5, 0.6) is 5.75 Å². The van der Waals surface area contributed by atoms with E-state index in [0.717, 1.165) is 0 Å². The zero-order chi connectivity index (χ0) is 13.8. The Morgan fingerprint density at radius 2 is 2.17 bits per heavy atom. The predicted molar refractivity (Wildman–Crippen MR) is 67.4 cm³/mol. The largest absolute Gasteiger partial charge is 0.487 e. The average molecular weight is 254 g/mol. The summed E-state index contributed by atoms with van der Waals surface area (Å²) in [6.45, 7) is 3.77. The van der Waals surface area contributed by atoms with Crippen molar-refractivity contribution in [2.75, 3.05) is 6.61 Å². The van der Waals surface area contributed by atoms with Crippen molar-refractivity contribution in [3.63, 3.8) is 0 Å². The molecule has 0 unspecified atom stereocenters. The van der Waals surface area contributed by atoms with E-state index in [4.69, 9.17) is 10.5 Å². The fourth-order valence-electron chi connectivity index (χ4n) is 1.37. The van der Waals surface area contributed by atoms with E-state index < -0.39 is 10.5 Å². The molecule has 6 nitrogen and oxygen atoms in total. The van der Waals surface area contributed by atoms with Crippen molar-refractivity contribution < 1.29 is 14.8 Å². The first kappa shape index (κ1) is 14.4. The van der Waals surface area contributed by atoms with Crippen molar-refractivity contribution in [1.82, 2.24) is 0 Å². The molecule has 0 saturated heterocycles. The van der Waals surface area contributed by atoms with Gasteiger partial charge in [0.05, 0.1) is 17.1 Å². The Kier molecular flexibility index (Phi) is 4.63. The van der Waals surface area contributed by atoms with E-state index in [1.54, 1.807) is 19.9 Å². The molecule has 0 aliphatic carbocycles. The van der Waals surface area contributed by atoms with E-state index in [1.165, 1.54) is 12.1 Å². The Labute approximate surface area is 106 Å². The second-order valence-corrected chi connectivity index (χ2v) is 4.67. The van der Waals surface area contributed by atoms with Gasteiger partial charge in [0.25, 0.3) is 0 Å². The number of nitro groups is 1. The van der Waals surface area contributed by atoms with E-state index in [9.17, 15) is 15.2 Å². The number of nitrogens with zero attached hydrogens (tertiary/aromatic N) is 1. The molecule has 0 heterocycles. The van der Waals surface area contributed by atoms with Crippen molar-refractivity contribution in [3.05, 3.63) is 33.9 Å². The van der Waals surface area contributed by atoms with E-state index in [0.29, 0.717) is 12.0 Å². The molecule has 0 fully saturated rings. The first-order chi connectivity index (χ1) is 8.33. The lowest BCUT2D eigenvalue weighted by Crippen LogP contribution is -2.22. The molecule has 0 radical (unpaired) electrons. The quantitative estimate of drug-likeness (QED) is 0.593. The van der Waals surface area contributed by atoms with Crippen LogP contribution in [0.15, 0.2) is 18.2 Å². The Bertz CT molecular complexity index is 427. The molecule has 100 valence electrons. The van der Waals surface area contributed by atoms with Gasteiger partial charge in [-0.15, -0.1) is 0 Å². The summed E-state index contributed by atoms with van der Waals surface area (Å²) in [6.07, 6.45) is 0.392. The Morgan fingerprint density at radius 3 is 2.67 bits per heavy atom. The maximum Gasteiger partial charge on any atom is 0.311 e. The topological polar surface area (TPSA) is 98.6 Å². The van der Waals surface area contributed by atoms with Gasteiger partial charge in [-0.1, -0.05) is 6.07 Å². The molecule has 18 heavy (non-hydrogen) atoms. The number of benzene rings is 1. The van der Waals surface area contributed by atoms with Crippen molar-refractivity contribution in [2.45, 2.75) is 32.4 Å². The summed E-state index contributed by atoms with van der Waals surface area (Å²) in [7, 11) is 0. The zero-order valence-electron chi connectivity index (χ0n) is 10.5. The van der Waals surface area contributed by atoms with Gasteiger partial charge < -0.3 is 15.6 Å². The lowest BCUT2D eigenvalue weighted by Gasteiger charge is -2.17. The number of hydrogen-bond acceptors (Lipinski definition) is 5. The van der Waals surface area contributed by atoms with Crippen LogP contribution < -0.4 is 10.5 Å². The van der Waals surface area contributed by atoms with Gasteiger partial charge in [0, 0.05) is 19.0 Å². The van der Waals surface area contributed by atoms with Gasteiger partial charge in [-0.3, -0.25) is 10.1 Å². The average Bonchev–Trinajstić information content (AvgIpc) is 2.27. The standard InChI is InChI=1S/C12H18N2O4/c1-12(2,15)5-6-18-11-4-3-9(8-13)7-10(11)14(16)17/h3-4,7,15H,5-6,8,13H2,1-2H3. The van der Waals surface area contributed by atoms with E-state index in [-0.39, 0.29) is 24.6 Å². The lowest BCUT2D eigenvalue weighted by molar-refractivity contribution is -0.386. The monoisotopic (exact) mass is 254 g/mol. The molecule has 0 atom stereocenters. The van der Waals surface area contributed by atoms with Gasteiger partial charge in [0.2, 0.25) is 0 Å². The normalized spacial score (nSPS) is 11.3. The molecule has 0 aliphatic heterocycles. The Balaban J connectivity index is 2.79. The van der Waals surface area contributed by atoms with E-state index >= 15 is 0 Å². The van der Waals surface area contributed by atoms with Gasteiger partial charge in [-0.2, -0.15) is 0 Å². The SMILES string of the molecule is CC(C)(O)CCOc1ccc(CN)cc1[N+](=O)[O-]. The van der Waals surface area contributed by atoms with E-state index in [1.807, 2.05) is 0 Å². The van der Waals surface area contributed by atoms with Crippen LogP contribution in [0.1, 0.15) is 25.8 Å². The second-order valence-electron chi connectivity index (χ2n) is 4.67. The highest BCUT2D eigenvalue weighted by atomic mass is 16.6. The van der Waals surface area contributed by atoms with Crippen molar-refractivity contribution >= 4 is 5.69 Å². The molecule has 0 spiro atoms.